The summed E-state index contributed by atoms with van der Waals surface area (Å²) in [5.41, 5.74) is 1.58. The van der Waals surface area contributed by atoms with Crippen LogP contribution in [0.2, 0.25) is 0 Å². The molecule has 284 valence electrons. The molecule has 2 spiro atoms. The molecule has 56 heavy (non-hydrogen) atoms. The first-order chi connectivity index (χ1) is 27.1. The minimum absolute atomic E-state index is 0.151. The van der Waals surface area contributed by atoms with Gasteiger partial charge in [0.1, 0.15) is 11.1 Å². The Morgan fingerprint density at radius 1 is 0.589 bits per heavy atom. The Kier molecular flexibility index (Phi) is 9.70. The maximum atomic E-state index is 13.1. The molecule has 0 saturated carbocycles. The summed E-state index contributed by atoms with van der Waals surface area (Å²) in [5, 5.41) is 7.86. The second-order valence-corrected chi connectivity index (χ2v) is 18.3. The van der Waals surface area contributed by atoms with E-state index in [2.05, 4.69) is 77.2 Å². The van der Waals surface area contributed by atoms with E-state index >= 15 is 0 Å². The number of nitrogens with zero attached hydrogens (tertiary/aromatic N) is 6. The van der Waals surface area contributed by atoms with E-state index in [4.69, 9.17) is 9.97 Å². The average molecular weight is 962 g/mol. The van der Waals surface area contributed by atoms with Crippen molar-refractivity contribution in [1.82, 2.24) is 20.6 Å². The van der Waals surface area contributed by atoms with Gasteiger partial charge >= 0.3 is 12.1 Å². The van der Waals surface area contributed by atoms with Gasteiger partial charge in [-0.1, -0.05) is 75.0 Å². The smallest absolute Gasteiger partial charge is 0.329 e. The van der Waals surface area contributed by atoms with Crippen LogP contribution in [0.5, 0.6) is 0 Å². The fourth-order valence-electron chi connectivity index (χ4n) is 7.74. The highest BCUT2D eigenvalue weighted by Crippen LogP contribution is 2.39. The number of rotatable bonds is 4. The van der Waals surface area contributed by atoms with Gasteiger partial charge in [0.15, 0.2) is 10.3 Å². The Morgan fingerprint density at radius 3 is 1.48 bits per heavy atom. The van der Waals surface area contributed by atoms with Gasteiger partial charge in [-0.15, -0.1) is 0 Å². The van der Waals surface area contributed by atoms with Gasteiger partial charge in [0.2, 0.25) is 0 Å². The highest BCUT2D eigenvalue weighted by molar-refractivity contribution is 14.1. The number of thiazole rings is 2. The Hall–Kier alpha value is -4.65. The highest BCUT2D eigenvalue weighted by Gasteiger charge is 2.54. The molecular formula is C40H34BrIN8O4S2. The number of aromatic nitrogens is 2. The lowest BCUT2D eigenvalue weighted by Crippen LogP contribution is -2.55. The maximum Gasteiger partial charge on any atom is 0.329 e. The molecule has 6 amide bonds. The first-order valence-electron chi connectivity index (χ1n) is 18.2. The molecule has 0 atom stereocenters. The number of carbonyl (C=O) groups is 4. The number of anilines is 4. The van der Waals surface area contributed by atoms with Gasteiger partial charge in [-0.2, -0.15) is 0 Å². The number of urea groups is 2. The van der Waals surface area contributed by atoms with E-state index in [1.165, 1.54) is 18.1 Å². The first-order valence-corrected chi connectivity index (χ1v) is 21.7. The largest absolute Gasteiger partial charge is 0.348 e. The van der Waals surface area contributed by atoms with Crippen molar-refractivity contribution in [2.24, 2.45) is 0 Å². The van der Waals surface area contributed by atoms with Crippen molar-refractivity contribution in [2.45, 2.75) is 36.8 Å². The molecule has 0 aliphatic carbocycles. The van der Waals surface area contributed by atoms with Gasteiger partial charge < -0.3 is 20.4 Å². The monoisotopic (exact) mass is 960 g/mol. The molecule has 6 heterocycles. The quantitative estimate of drug-likeness (QED) is 0.134. The van der Waals surface area contributed by atoms with Crippen LogP contribution in [0.25, 0.3) is 20.4 Å². The lowest BCUT2D eigenvalue weighted by atomic mass is 9.87. The van der Waals surface area contributed by atoms with Crippen molar-refractivity contribution in [3.63, 3.8) is 0 Å². The zero-order valence-electron chi connectivity index (χ0n) is 29.8. The zero-order chi connectivity index (χ0) is 38.6. The molecule has 4 fully saturated rings. The molecule has 2 aromatic heterocycles. The van der Waals surface area contributed by atoms with Crippen molar-refractivity contribution in [1.29, 1.82) is 0 Å². The SMILES string of the molecule is O=C1NC2(CCN(c3nc4ccc(Br)cc4s3)CC2)C(=O)N1c1ccccc1.O=C1NC2(CCN(c3nc4ccc(I)cc4s3)CC2)C(=O)N1c1ccccc1. The number of fused-ring (bicyclic) bond motifs is 2. The molecule has 0 radical (unpaired) electrons. The number of piperidine rings is 2. The summed E-state index contributed by atoms with van der Waals surface area (Å²) in [5.74, 6) is -0.307. The van der Waals surface area contributed by atoms with E-state index in [-0.39, 0.29) is 23.9 Å². The van der Waals surface area contributed by atoms with Crippen LogP contribution < -0.4 is 30.2 Å². The van der Waals surface area contributed by atoms with Crippen molar-refractivity contribution >= 4 is 127 Å². The molecule has 0 unspecified atom stereocenters. The summed E-state index contributed by atoms with van der Waals surface area (Å²) >= 11 is 9.13. The van der Waals surface area contributed by atoms with Crippen molar-refractivity contribution in [2.75, 3.05) is 45.8 Å². The van der Waals surface area contributed by atoms with Crippen LogP contribution in [0.3, 0.4) is 0 Å². The molecule has 10 rings (SSSR count). The number of amides is 6. The summed E-state index contributed by atoms with van der Waals surface area (Å²) in [4.78, 5) is 67.7. The number of nitrogens with one attached hydrogen (secondary N) is 2. The fourth-order valence-corrected chi connectivity index (χ4v) is 11.1. The van der Waals surface area contributed by atoms with Gasteiger partial charge in [0.25, 0.3) is 11.8 Å². The number of imide groups is 2. The lowest BCUT2D eigenvalue weighted by Gasteiger charge is -2.37. The second kappa shape index (κ2) is 14.7. The number of para-hydroxylation sites is 2. The van der Waals surface area contributed by atoms with E-state index in [1.807, 2.05) is 54.6 Å². The van der Waals surface area contributed by atoms with Gasteiger partial charge in [-0.3, -0.25) is 9.59 Å². The van der Waals surface area contributed by atoms with Crippen LogP contribution in [0.1, 0.15) is 25.7 Å². The lowest BCUT2D eigenvalue weighted by molar-refractivity contribution is -0.123. The standard InChI is InChI=1S/C20H17BrN4O2S.C20H17IN4O2S/c2*21-13-6-7-15-16(12-13)28-19(22-15)24-10-8-20(9-11-24)17(26)25(18(27)23-20)14-4-2-1-3-5-14/h2*1-7,12H,8-11H2,(H,23,27). The van der Waals surface area contributed by atoms with Crippen LogP contribution >= 0.6 is 61.2 Å². The molecule has 4 saturated heterocycles. The summed E-state index contributed by atoms with van der Waals surface area (Å²) in [7, 11) is 0. The maximum absolute atomic E-state index is 13.1. The summed E-state index contributed by atoms with van der Waals surface area (Å²) in [6.45, 7) is 2.72. The van der Waals surface area contributed by atoms with E-state index in [9.17, 15) is 19.2 Å². The van der Waals surface area contributed by atoms with Crippen molar-refractivity contribution in [3.8, 4) is 0 Å². The Labute approximate surface area is 352 Å². The second-order valence-electron chi connectivity index (χ2n) is 14.2. The molecule has 16 heteroatoms. The number of hydrogen-bond acceptors (Lipinski definition) is 10. The van der Waals surface area contributed by atoms with E-state index < -0.39 is 11.1 Å². The fraction of sp³-hybridized carbons (Fsp3) is 0.250. The third kappa shape index (κ3) is 6.69. The number of halogens is 2. The Morgan fingerprint density at radius 2 is 1.02 bits per heavy atom. The van der Waals surface area contributed by atoms with Crippen LogP contribution in [0.4, 0.5) is 31.2 Å². The Bertz CT molecular complexity index is 2330. The van der Waals surface area contributed by atoms with Gasteiger partial charge in [0.05, 0.1) is 31.8 Å². The molecule has 4 aliphatic rings. The Balaban J connectivity index is 0.000000146. The molecule has 4 aliphatic heterocycles. The van der Waals surface area contributed by atoms with Gasteiger partial charge in [-0.05, 0) is 109 Å². The molecule has 6 aromatic rings. The third-order valence-corrected chi connectivity index (χ3v) is 14.1. The average Bonchev–Trinajstić information content (AvgIpc) is 3.94. The minimum atomic E-state index is -0.816. The van der Waals surface area contributed by atoms with Crippen molar-refractivity contribution < 1.29 is 19.2 Å². The van der Waals surface area contributed by atoms with Crippen molar-refractivity contribution in [3.05, 3.63) is 105 Å². The number of benzene rings is 4. The normalized spacial score (nSPS) is 18.9. The van der Waals surface area contributed by atoms with Gasteiger partial charge in [0, 0.05) is 34.2 Å². The van der Waals surface area contributed by atoms with Crippen LogP contribution in [0, 0.1) is 3.57 Å². The molecule has 2 N–H and O–H groups in total. The molecule has 0 bridgehead atoms. The van der Waals surface area contributed by atoms with E-state index in [0.717, 1.165) is 30.5 Å². The topological polar surface area (TPSA) is 131 Å². The first kappa shape index (κ1) is 37.0. The van der Waals surface area contributed by atoms with E-state index in [1.54, 1.807) is 46.9 Å². The predicted molar refractivity (Wildman–Crippen MR) is 233 cm³/mol. The highest BCUT2D eigenvalue weighted by atomic mass is 127. The molecule has 4 aromatic carbocycles. The number of hydrogen-bond donors (Lipinski definition) is 2. The van der Waals surface area contributed by atoms with Crippen LogP contribution in [0.15, 0.2) is 102 Å². The minimum Gasteiger partial charge on any atom is -0.348 e. The summed E-state index contributed by atoms with van der Waals surface area (Å²) in [6.07, 6.45) is 2.30. The van der Waals surface area contributed by atoms with Crippen LogP contribution in [-0.4, -0.2) is 71.1 Å². The van der Waals surface area contributed by atoms with Gasteiger partial charge in [-0.25, -0.2) is 29.4 Å². The number of carbonyl (C=O) groups excluding carboxylic acids is 4. The molecular weight excluding hydrogens is 927 g/mol. The summed E-state index contributed by atoms with van der Waals surface area (Å²) < 4.78 is 4.53. The summed E-state index contributed by atoms with van der Waals surface area (Å²) in [6, 6.07) is 29.8. The zero-order valence-corrected chi connectivity index (χ0v) is 35.2. The van der Waals surface area contributed by atoms with E-state index in [0.29, 0.717) is 63.2 Å². The molecule has 12 nitrogen and oxygen atoms in total. The predicted octanol–water partition coefficient (Wildman–Crippen LogP) is 8.15. The van der Waals surface area contributed by atoms with Crippen LogP contribution in [-0.2, 0) is 9.59 Å². The third-order valence-electron chi connectivity index (χ3n) is 10.8.